The third-order valence-corrected chi connectivity index (χ3v) is 3.20. The molecule has 0 atom stereocenters. The number of aromatic nitrogens is 2. The normalized spacial score (nSPS) is 11.1. The Morgan fingerprint density at radius 1 is 1.00 bits per heavy atom. The predicted octanol–water partition coefficient (Wildman–Crippen LogP) is 4.46. The second-order valence-corrected chi connectivity index (χ2v) is 4.88. The summed E-state index contributed by atoms with van der Waals surface area (Å²) in [5.41, 5.74) is 2.42. The molecule has 3 nitrogen and oxygen atoms in total. The lowest BCUT2D eigenvalue weighted by Crippen LogP contribution is -1.85. The van der Waals surface area contributed by atoms with E-state index in [1.165, 1.54) is 5.56 Å². The van der Waals surface area contributed by atoms with Gasteiger partial charge >= 0.3 is 0 Å². The molecule has 0 aliphatic rings. The zero-order valence-electron chi connectivity index (χ0n) is 11.1. The van der Waals surface area contributed by atoms with Gasteiger partial charge in [0.15, 0.2) is 11.6 Å². The van der Waals surface area contributed by atoms with Gasteiger partial charge in [-0.25, -0.2) is 4.98 Å². The molecule has 0 radical (unpaired) electrons. The van der Waals surface area contributed by atoms with E-state index in [4.69, 9.17) is 4.42 Å². The van der Waals surface area contributed by atoms with Gasteiger partial charge in [-0.2, -0.15) is 0 Å². The van der Waals surface area contributed by atoms with Crippen molar-refractivity contribution in [2.24, 2.45) is 0 Å². The minimum absolute atomic E-state index is 0.546. The molecule has 2 aromatic heterocycles. The Kier molecular flexibility index (Phi) is 2.95. The second-order valence-electron chi connectivity index (χ2n) is 4.88. The van der Waals surface area contributed by atoms with Crippen molar-refractivity contribution in [3.05, 3.63) is 54.4 Å². The van der Waals surface area contributed by atoms with Crippen LogP contribution in [0.2, 0.25) is 0 Å². The van der Waals surface area contributed by atoms with Crippen LogP contribution >= 0.6 is 0 Å². The quantitative estimate of drug-likeness (QED) is 0.747. The highest BCUT2D eigenvalue weighted by Gasteiger charge is 2.08. The van der Waals surface area contributed by atoms with Crippen molar-refractivity contribution in [1.29, 1.82) is 0 Å². The summed E-state index contributed by atoms with van der Waals surface area (Å²) >= 11 is 0. The Morgan fingerprint density at radius 2 is 1.74 bits per heavy atom. The highest BCUT2D eigenvalue weighted by Crippen LogP contribution is 2.27. The molecule has 0 fully saturated rings. The van der Waals surface area contributed by atoms with E-state index in [0.29, 0.717) is 5.92 Å². The SMILES string of the molecule is CC(C)c1ccc(-c2ccc(-c3ncc[nH]3)o2)cc1. The molecule has 96 valence electrons. The molecule has 0 unspecified atom stereocenters. The smallest absolute Gasteiger partial charge is 0.173 e. The number of nitrogens with zero attached hydrogens (tertiary/aromatic N) is 1. The van der Waals surface area contributed by atoms with Crippen LogP contribution in [0.3, 0.4) is 0 Å². The third kappa shape index (κ3) is 2.32. The van der Waals surface area contributed by atoms with Crippen LogP contribution in [0.15, 0.2) is 53.2 Å². The van der Waals surface area contributed by atoms with E-state index in [0.717, 1.165) is 22.9 Å². The van der Waals surface area contributed by atoms with Gasteiger partial charge in [-0.15, -0.1) is 0 Å². The van der Waals surface area contributed by atoms with Crippen LogP contribution in [0.1, 0.15) is 25.3 Å². The first kappa shape index (κ1) is 11.8. The Bertz CT molecular complexity index is 648. The lowest BCUT2D eigenvalue weighted by atomic mass is 10.0. The minimum atomic E-state index is 0.546. The van der Waals surface area contributed by atoms with E-state index in [1.807, 2.05) is 12.1 Å². The summed E-state index contributed by atoms with van der Waals surface area (Å²) in [5.74, 6) is 2.92. The van der Waals surface area contributed by atoms with Crippen molar-refractivity contribution in [3.63, 3.8) is 0 Å². The molecule has 1 aromatic carbocycles. The maximum absolute atomic E-state index is 5.82. The number of benzene rings is 1. The van der Waals surface area contributed by atoms with Crippen molar-refractivity contribution in [3.8, 4) is 22.9 Å². The molecule has 0 amide bonds. The van der Waals surface area contributed by atoms with Crippen LogP contribution in [0, 0.1) is 0 Å². The average molecular weight is 252 g/mol. The molecule has 0 spiro atoms. The Morgan fingerprint density at radius 3 is 2.37 bits per heavy atom. The first-order chi connectivity index (χ1) is 9.24. The molecule has 3 heteroatoms. The third-order valence-electron chi connectivity index (χ3n) is 3.20. The summed E-state index contributed by atoms with van der Waals surface area (Å²) in [5, 5.41) is 0. The van der Waals surface area contributed by atoms with E-state index in [2.05, 4.69) is 48.1 Å². The number of furan rings is 1. The van der Waals surface area contributed by atoms with Crippen molar-refractivity contribution in [1.82, 2.24) is 9.97 Å². The van der Waals surface area contributed by atoms with E-state index in [-0.39, 0.29) is 0 Å². The van der Waals surface area contributed by atoms with Gasteiger partial charge in [0.05, 0.1) is 0 Å². The highest BCUT2D eigenvalue weighted by molar-refractivity contribution is 5.61. The topological polar surface area (TPSA) is 41.8 Å². The van der Waals surface area contributed by atoms with Gasteiger partial charge in [0.25, 0.3) is 0 Å². The molecule has 0 bridgehead atoms. The molecule has 2 heterocycles. The number of imidazole rings is 1. The molecule has 0 aliphatic heterocycles. The molecule has 0 saturated carbocycles. The Balaban J connectivity index is 1.90. The van der Waals surface area contributed by atoms with E-state index < -0.39 is 0 Å². The zero-order valence-corrected chi connectivity index (χ0v) is 11.1. The molecular weight excluding hydrogens is 236 g/mol. The first-order valence-electron chi connectivity index (χ1n) is 6.44. The fourth-order valence-corrected chi connectivity index (χ4v) is 2.05. The van der Waals surface area contributed by atoms with Crippen molar-refractivity contribution in [2.45, 2.75) is 19.8 Å². The standard InChI is InChI=1S/C16H16N2O/c1-11(2)12-3-5-13(6-4-12)14-7-8-15(19-14)16-17-9-10-18-16/h3-11H,1-2H3,(H,17,18). The number of hydrogen-bond acceptors (Lipinski definition) is 2. The van der Waals surface area contributed by atoms with Crippen LogP contribution in [0.25, 0.3) is 22.9 Å². The average Bonchev–Trinajstić information content (AvgIpc) is 3.10. The summed E-state index contributed by atoms with van der Waals surface area (Å²) in [4.78, 5) is 7.22. The molecule has 1 N–H and O–H groups in total. The van der Waals surface area contributed by atoms with Gasteiger partial charge in [-0.1, -0.05) is 38.1 Å². The predicted molar refractivity (Wildman–Crippen MR) is 75.8 cm³/mol. The minimum Gasteiger partial charge on any atom is -0.453 e. The largest absolute Gasteiger partial charge is 0.453 e. The molecule has 0 saturated heterocycles. The van der Waals surface area contributed by atoms with E-state index in [1.54, 1.807) is 12.4 Å². The number of hydrogen-bond donors (Lipinski definition) is 1. The fourth-order valence-electron chi connectivity index (χ4n) is 2.05. The van der Waals surface area contributed by atoms with Gasteiger partial charge in [-0.3, -0.25) is 0 Å². The Hall–Kier alpha value is -2.29. The molecule has 3 aromatic rings. The van der Waals surface area contributed by atoms with Crippen molar-refractivity contribution >= 4 is 0 Å². The summed E-state index contributed by atoms with van der Waals surface area (Å²) < 4.78 is 5.82. The number of aromatic amines is 1. The van der Waals surface area contributed by atoms with Crippen LogP contribution in [0.5, 0.6) is 0 Å². The Labute approximate surface area is 112 Å². The van der Waals surface area contributed by atoms with Crippen LogP contribution in [-0.2, 0) is 0 Å². The highest BCUT2D eigenvalue weighted by atomic mass is 16.3. The van der Waals surface area contributed by atoms with Crippen LogP contribution in [-0.4, -0.2) is 9.97 Å². The number of H-pyrrole nitrogens is 1. The van der Waals surface area contributed by atoms with Crippen LogP contribution in [0.4, 0.5) is 0 Å². The molecule has 0 aliphatic carbocycles. The molecular formula is C16H16N2O. The second kappa shape index (κ2) is 4.76. The maximum atomic E-state index is 5.82. The number of rotatable bonds is 3. The van der Waals surface area contributed by atoms with Gasteiger partial charge in [0, 0.05) is 18.0 Å². The lowest BCUT2D eigenvalue weighted by Gasteiger charge is -2.05. The summed E-state index contributed by atoms with van der Waals surface area (Å²) in [6.07, 6.45) is 3.50. The van der Waals surface area contributed by atoms with Crippen molar-refractivity contribution < 1.29 is 4.42 Å². The zero-order chi connectivity index (χ0) is 13.2. The summed E-state index contributed by atoms with van der Waals surface area (Å²) in [6.45, 7) is 4.38. The monoisotopic (exact) mass is 252 g/mol. The summed E-state index contributed by atoms with van der Waals surface area (Å²) in [7, 11) is 0. The molecule has 19 heavy (non-hydrogen) atoms. The maximum Gasteiger partial charge on any atom is 0.173 e. The first-order valence-corrected chi connectivity index (χ1v) is 6.44. The lowest BCUT2D eigenvalue weighted by molar-refractivity contribution is 0.593. The van der Waals surface area contributed by atoms with Crippen LogP contribution < -0.4 is 0 Å². The van der Waals surface area contributed by atoms with Crippen molar-refractivity contribution in [2.75, 3.05) is 0 Å². The van der Waals surface area contributed by atoms with Gasteiger partial charge in [-0.05, 0) is 23.6 Å². The summed E-state index contributed by atoms with van der Waals surface area (Å²) in [6, 6.07) is 12.4. The fraction of sp³-hybridized carbons (Fsp3) is 0.188. The number of nitrogens with one attached hydrogen (secondary N) is 1. The van der Waals surface area contributed by atoms with Gasteiger partial charge < -0.3 is 9.40 Å². The van der Waals surface area contributed by atoms with Gasteiger partial charge in [0.1, 0.15) is 5.76 Å². The van der Waals surface area contributed by atoms with E-state index >= 15 is 0 Å². The molecule has 3 rings (SSSR count). The van der Waals surface area contributed by atoms with Gasteiger partial charge in [0.2, 0.25) is 0 Å². The van der Waals surface area contributed by atoms with E-state index in [9.17, 15) is 0 Å².